The van der Waals surface area contributed by atoms with E-state index in [4.69, 9.17) is 4.98 Å². The third-order valence-corrected chi connectivity index (χ3v) is 4.82. The highest BCUT2D eigenvalue weighted by Crippen LogP contribution is 2.27. The summed E-state index contributed by atoms with van der Waals surface area (Å²) >= 11 is 0. The molecule has 29 heavy (non-hydrogen) atoms. The number of hydrogen-bond acceptors (Lipinski definition) is 3. The fourth-order valence-corrected chi connectivity index (χ4v) is 3.30. The van der Waals surface area contributed by atoms with Gasteiger partial charge < -0.3 is 9.72 Å². The summed E-state index contributed by atoms with van der Waals surface area (Å²) < 4.78 is 15.7. The van der Waals surface area contributed by atoms with E-state index in [0.29, 0.717) is 17.8 Å². The Bertz CT molecular complexity index is 1180. The summed E-state index contributed by atoms with van der Waals surface area (Å²) in [6.07, 6.45) is 3.82. The molecule has 3 aromatic heterocycles. The van der Waals surface area contributed by atoms with Crippen LogP contribution in [0.3, 0.4) is 0 Å². The zero-order valence-electron chi connectivity index (χ0n) is 16.3. The van der Waals surface area contributed by atoms with Gasteiger partial charge in [-0.25, -0.2) is 9.37 Å². The summed E-state index contributed by atoms with van der Waals surface area (Å²) in [6, 6.07) is 14.4. The number of benzene rings is 1. The molecule has 0 aliphatic carbocycles. The Morgan fingerprint density at radius 1 is 1.14 bits per heavy atom. The van der Waals surface area contributed by atoms with Gasteiger partial charge in [-0.2, -0.15) is 0 Å². The normalized spacial score (nSPS) is 11.0. The van der Waals surface area contributed by atoms with Crippen molar-refractivity contribution in [2.75, 3.05) is 0 Å². The number of pyridine rings is 2. The van der Waals surface area contributed by atoms with Crippen molar-refractivity contribution in [3.63, 3.8) is 0 Å². The lowest BCUT2D eigenvalue weighted by molar-refractivity contribution is -0.120. The first-order chi connectivity index (χ1) is 14.0. The molecule has 0 saturated carbocycles. The number of nitrogens with zero attached hydrogens (tertiary/aromatic N) is 3. The number of halogens is 1. The first-order valence-electron chi connectivity index (χ1n) is 9.42. The first-order valence-corrected chi connectivity index (χ1v) is 9.42. The van der Waals surface area contributed by atoms with Crippen LogP contribution in [0.1, 0.15) is 22.5 Å². The van der Waals surface area contributed by atoms with E-state index in [1.54, 1.807) is 25.3 Å². The van der Waals surface area contributed by atoms with E-state index in [1.165, 1.54) is 6.07 Å². The largest absolute Gasteiger partial charge is 0.350 e. The first kappa shape index (κ1) is 18.8. The van der Waals surface area contributed by atoms with Crippen LogP contribution >= 0.6 is 0 Å². The summed E-state index contributed by atoms with van der Waals surface area (Å²) in [6.45, 7) is 4.07. The molecule has 4 aromatic rings. The summed E-state index contributed by atoms with van der Waals surface area (Å²) in [5.41, 5.74) is 5.40. The number of carbonyl (C=O) groups is 1. The van der Waals surface area contributed by atoms with Gasteiger partial charge in [0.25, 0.3) is 0 Å². The average Bonchev–Trinajstić information content (AvgIpc) is 3.07. The second kappa shape index (κ2) is 7.83. The van der Waals surface area contributed by atoms with E-state index in [-0.39, 0.29) is 18.1 Å². The molecule has 0 aliphatic rings. The molecule has 0 fully saturated rings. The van der Waals surface area contributed by atoms with Crippen LogP contribution in [0.15, 0.2) is 60.9 Å². The van der Waals surface area contributed by atoms with Crippen molar-refractivity contribution >= 4 is 11.6 Å². The van der Waals surface area contributed by atoms with Gasteiger partial charge in [-0.15, -0.1) is 0 Å². The number of fused-ring (bicyclic) bond motifs is 1. The van der Waals surface area contributed by atoms with E-state index in [1.807, 2.05) is 47.9 Å². The van der Waals surface area contributed by atoms with Crippen molar-refractivity contribution in [1.29, 1.82) is 0 Å². The van der Waals surface area contributed by atoms with E-state index in [2.05, 4.69) is 10.3 Å². The van der Waals surface area contributed by atoms with Gasteiger partial charge in [0.1, 0.15) is 11.5 Å². The van der Waals surface area contributed by atoms with Crippen molar-refractivity contribution < 1.29 is 9.18 Å². The topological polar surface area (TPSA) is 59.3 Å². The van der Waals surface area contributed by atoms with Crippen LogP contribution in [0.4, 0.5) is 4.39 Å². The Hall–Kier alpha value is -3.54. The minimum Gasteiger partial charge on any atom is -0.350 e. The maximum Gasteiger partial charge on any atom is 0.226 e. The van der Waals surface area contributed by atoms with Gasteiger partial charge in [-0.3, -0.25) is 9.78 Å². The van der Waals surface area contributed by atoms with E-state index < -0.39 is 0 Å². The fourth-order valence-electron chi connectivity index (χ4n) is 3.30. The quantitative estimate of drug-likeness (QED) is 0.562. The Labute approximate surface area is 168 Å². The number of aryl methyl sites for hydroxylation is 2. The number of hydrogen-bond donors (Lipinski definition) is 1. The maximum absolute atomic E-state index is 13.7. The predicted octanol–water partition coefficient (Wildman–Crippen LogP) is 4.01. The van der Waals surface area contributed by atoms with E-state index >= 15 is 0 Å². The molecule has 5 nitrogen and oxygen atoms in total. The molecule has 0 unspecified atom stereocenters. The van der Waals surface area contributed by atoms with Gasteiger partial charge in [0.2, 0.25) is 5.91 Å². The van der Waals surface area contributed by atoms with Crippen LogP contribution in [0.5, 0.6) is 0 Å². The van der Waals surface area contributed by atoms with Gasteiger partial charge >= 0.3 is 0 Å². The monoisotopic (exact) mass is 388 g/mol. The van der Waals surface area contributed by atoms with Crippen LogP contribution in [0.25, 0.3) is 16.9 Å². The highest BCUT2D eigenvalue weighted by atomic mass is 19.1. The smallest absolute Gasteiger partial charge is 0.226 e. The van der Waals surface area contributed by atoms with E-state index in [9.17, 15) is 9.18 Å². The van der Waals surface area contributed by atoms with Crippen molar-refractivity contribution in [1.82, 2.24) is 19.7 Å². The van der Waals surface area contributed by atoms with Crippen molar-refractivity contribution in [2.45, 2.75) is 26.8 Å². The summed E-state index contributed by atoms with van der Waals surface area (Å²) in [5.74, 6) is -0.387. The third-order valence-electron chi connectivity index (χ3n) is 4.82. The van der Waals surface area contributed by atoms with Crippen molar-refractivity contribution in [2.24, 2.45) is 0 Å². The number of nitrogens with one attached hydrogen (secondary N) is 1. The lowest BCUT2D eigenvalue weighted by Gasteiger charge is -2.08. The van der Waals surface area contributed by atoms with Crippen LogP contribution in [0, 0.1) is 19.7 Å². The number of imidazole rings is 1. The molecule has 0 aliphatic heterocycles. The molecule has 4 rings (SSSR count). The molecule has 0 atom stereocenters. The molecule has 0 bridgehead atoms. The number of aromatic nitrogens is 3. The third kappa shape index (κ3) is 4.01. The van der Waals surface area contributed by atoms with Crippen molar-refractivity contribution in [3.8, 4) is 11.3 Å². The zero-order chi connectivity index (χ0) is 20.4. The molecule has 0 spiro atoms. The molecule has 0 saturated heterocycles. The molecule has 3 heterocycles. The zero-order valence-corrected chi connectivity index (χ0v) is 16.3. The Morgan fingerprint density at radius 2 is 2.00 bits per heavy atom. The second-order valence-corrected chi connectivity index (χ2v) is 7.08. The minimum absolute atomic E-state index is 0.126. The summed E-state index contributed by atoms with van der Waals surface area (Å²) in [4.78, 5) is 21.6. The molecule has 6 heteroatoms. The molecule has 1 N–H and O–H groups in total. The molecule has 1 amide bonds. The molecular weight excluding hydrogens is 367 g/mol. The Kier molecular flexibility index (Phi) is 5.08. The van der Waals surface area contributed by atoms with Crippen LogP contribution in [-0.4, -0.2) is 20.3 Å². The maximum atomic E-state index is 13.7. The highest BCUT2D eigenvalue weighted by molar-refractivity contribution is 5.81. The van der Waals surface area contributed by atoms with Crippen LogP contribution < -0.4 is 5.32 Å². The van der Waals surface area contributed by atoms with Crippen LogP contribution in [0.2, 0.25) is 0 Å². The second-order valence-electron chi connectivity index (χ2n) is 7.08. The molecule has 0 radical (unpaired) electrons. The molecular formula is C23H21FN4O. The SMILES string of the molecule is Cc1ccc2nc(-c3ccc(F)c(C)c3)c(CC(=O)NCc3ccccn3)n2c1. The fraction of sp³-hybridized carbons (Fsp3) is 0.174. The van der Waals surface area contributed by atoms with Crippen LogP contribution in [-0.2, 0) is 17.8 Å². The van der Waals surface area contributed by atoms with Gasteiger partial charge in [0, 0.05) is 18.0 Å². The lowest BCUT2D eigenvalue weighted by Crippen LogP contribution is -2.25. The molecule has 1 aromatic carbocycles. The highest BCUT2D eigenvalue weighted by Gasteiger charge is 2.18. The summed E-state index contributed by atoms with van der Waals surface area (Å²) in [5, 5.41) is 2.91. The lowest BCUT2D eigenvalue weighted by atomic mass is 10.1. The van der Waals surface area contributed by atoms with Gasteiger partial charge in [-0.1, -0.05) is 12.1 Å². The van der Waals surface area contributed by atoms with Gasteiger partial charge in [0.15, 0.2) is 0 Å². The Balaban J connectivity index is 1.68. The number of amides is 1. The number of rotatable bonds is 5. The van der Waals surface area contributed by atoms with E-state index in [0.717, 1.165) is 28.2 Å². The Morgan fingerprint density at radius 3 is 2.76 bits per heavy atom. The van der Waals surface area contributed by atoms with Gasteiger partial charge in [0.05, 0.1) is 30.0 Å². The minimum atomic E-state index is -0.261. The summed E-state index contributed by atoms with van der Waals surface area (Å²) in [7, 11) is 0. The van der Waals surface area contributed by atoms with Gasteiger partial charge in [-0.05, 0) is 61.4 Å². The average molecular weight is 388 g/mol. The molecule has 146 valence electrons. The predicted molar refractivity (Wildman–Crippen MR) is 110 cm³/mol. The number of carbonyl (C=O) groups excluding carboxylic acids is 1. The standard InChI is InChI=1S/C23H21FN4O/c1-15-6-9-21-27-23(17-7-8-19(24)16(2)11-17)20(28(21)14-15)12-22(29)26-13-18-5-3-4-10-25-18/h3-11,14H,12-13H2,1-2H3,(H,26,29). The van der Waals surface area contributed by atoms with Crippen molar-refractivity contribution in [3.05, 3.63) is 89.3 Å².